The van der Waals surface area contributed by atoms with E-state index in [1.165, 1.54) is 6.42 Å². The Bertz CT molecular complexity index is 1200. The molecule has 0 spiro atoms. The van der Waals surface area contributed by atoms with E-state index in [0.29, 0.717) is 34.8 Å². The molecule has 0 bridgehead atoms. The van der Waals surface area contributed by atoms with Gasteiger partial charge in [0.2, 0.25) is 0 Å². The average Bonchev–Trinajstić information content (AvgIpc) is 3.35. The molecular formula is C37H55NO7. The predicted molar refractivity (Wildman–Crippen MR) is 178 cm³/mol. The Morgan fingerprint density at radius 2 is 1.24 bits per heavy atom. The van der Waals surface area contributed by atoms with Crippen LogP contribution in [0.3, 0.4) is 0 Å². The molecule has 0 aliphatic carbocycles. The molecule has 3 rings (SSSR count). The Morgan fingerprint density at radius 3 is 1.71 bits per heavy atom. The maximum Gasteiger partial charge on any atom is 0.336 e. The van der Waals surface area contributed by atoms with Crippen LogP contribution in [-0.4, -0.2) is 34.6 Å². The quantitative estimate of drug-likeness (QED) is 0.106. The van der Waals surface area contributed by atoms with Crippen LogP contribution in [0.25, 0.3) is 0 Å². The largest absolute Gasteiger partial charge is 0.427 e. The van der Waals surface area contributed by atoms with Gasteiger partial charge in [0.05, 0.1) is 5.92 Å². The van der Waals surface area contributed by atoms with Crippen molar-refractivity contribution < 1.29 is 33.5 Å². The van der Waals surface area contributed by atoms with Crippen LogP contribution in [0.1, 0.15) is 131 Å². The highest BCUT2D eigenvalue weighted by Gasteiger charge is 2.47. The van der Waals surface area contributed by atoms with E-state index < -0.39 is 40.5 Å². The van der Waals surface area contributed by atoms with Crippen LogP contribution in [-0.2, 0) is 24.0 Å². The zero-order valence-electron chi connectivity index (χ0n) is 29.3. The Labute approximate surface area is 270 Å². The Hall–Kier alpha value is -3.81. The van der Waals surface area contributed by atoms with Crippen LogP contribution in [0, 0.1) is 16.7 Å². The number of ketones is 1. The van der Waals surface area contributed by atoms with E-state index in [1.807, 2.05) is 68.4 Å². The highest BCUT2D eigenvalue weighted by molar-refractivity contribution is 6.09. The summed E-state index contributed by atoms with van der Waals surface area (Å²) in [5.74, 6) is -2.49. The highest BCUT2D eigenvalue weighted by Crippen LogP contribution is 2.49. The maximum atomic E-state index is 13.0. The van der Waals surface area contributed by atoms with E-state index in [2.05, 4.69) is 13.8 Å². The Morgan fingerprint density at radius 1 is 0.778 bits per heavy atom. The lowest BCUT2D eigenvalue weighted by molar-refractivity contribution is -0.205. The van der Waals surface area contributed by atoms with Gasteiger partial charge in [-0.05, 0) is 47.9 Å². The molecule has 0 aromatic heterocycles. The monoisotopic (exact) mass is 625 g/mol. The summed E-state index contributed by atoms with van der Waals surface area (Å²) >= 11 is 0. The first-order valence-electron chi connectivity index (χ1n) is 16.3. The number of hydrogen-bond acceptors (Lipinski definition) is 7. The second-order valence-electron chi connectivity index (χ2n) is 11.5. The fourth-order valence-corrected chi connectivity index (χ4v) is 4.60. The molecule has 1 aliphatic heterocycles. The third kappa shape index (κ3) is 11.9. The summed E-state index contributed by atoms with van der Waals surface area (Å²) < 4.78 is 5.49. The van der Waals surface area contributed by atoms with Gasteiger partial charge in [0.1, 0.15) is 5.75 Å². The number of carbonyl (C=O) groups is 5. The van der Waals surface area contributed by atoms with Gasteiger partial charge in [-0.15, -0.1) is 5.06 Å². The van der Waals surface area contributed by atoms with Crippen molar-refractivity contribution in [3.63, 3.8) is 0 Å². The molecule has 250 valence electrons. The number of benzene rings is 2. The van der Waals surface area contributed by atoms with Crippen molar-refractivity contribution in [1.82, 2.24) is 5.06 Å². The fourth-order valence-electron chi connectivity index (χ4n) is 4.60. The summed E-state index contributed by atoms with van der Waals surface area (Å²) in [6.07, 6.45) is 2.28. The average molecular weight is 626 g/mol. The molecule has 1 fully saturated rings. The van der Waals surface area contributed by atoms with Gasteiger partial charge in [-0.1, -0.05) is 113 Å². The van der Waals surface area contributed by atoms with Crippen LogP contribution in [0.4, 0.5) is 0 Å². The molecule has 0 radical (unpaired) electrons. The zero-order valence-corrected chi connectivity index (χ0v) is 29.3. The van der Waals surface area contributed by atoms with Crippen molar-refractivity contribution in [2.75, 3.05) is 0 Å². The second kappa shape index (κ2) is 20.3. The molecule has 0 N–H and O–H groups in total. The van der Waals surface area contributed by atoms with Crippen LogP contribution in [0.2, 0.25) is 0 Å². The molecule has 1 heterocycles. The first-order valence-corrected chi connectivity index (χ1v) is 16.3. The van der Waals surface area contributed by atoms with Crippen molar-refractivity contribution >= 4 is 29.5 Å². The first kappa shape index (κ1) is 41.2. The standard InChI is InChI=1S/C30H35NO7.C3H8.2C2H6/c1-6-23(28(36)38-31-24(32)16-17-25(31)33)30(4,5)29(2,3)19-18-26(34)37-22-14-12-21(13-15-22)27(35)20-10-8-7-9-11-20;1-3-2;2*1-2/h7-15,23H,6,16-19H2,1-5H3;3H2,1-2H3;2*1-2H3. The summed E-state index contributed by atoms with van der Waals surface area (Å²) in [6.45, 7) is 21.9. The molecule has 8 heteroatoms. The van der Waals surface area contributed by atoms with Crippen LogP contribution in [0.15, 0.2) is 54.6 Å². The first-order chi connectivity index (χ1) is 21.3. The van der Waals surface area contributed by atoms with E-state index >= 15 is 0 Å². The number of amides is 2. The fraction of sp³-hybridized carbons (Fsp3) is 0.541. The summed E-state index contributed by atoms with van der Waals surface area (Å²) in [6, 6.07) is 15.4. The number of carbonyl (C=O) groups excluding carboxylic acids is 5. The van der Waals surface area contributed by atoms with Crippen molar-refractivity contribution in [3.8, 4) is 5.75 Å². The number of rotatable bonds is 11. The van der Waals surface area contributed by atoms with Crippen molar-refractivity contribution in [2.24, 2.45) is 16.7 Å². The minimum atomic E-state index is -0.637. The molecule has 45 heavy (non-hydrogen) atoms. The minimum Gasteiger partial charge on any atom is -0.427 e. The van der Waals surface area contributed by atoms with Gasteiger partial charge in [-0.3, -0.25) is 19.2 Å². The van der Waals surface area contributed by atoms with Crippen LogP contribution in [0.5, 0.6) is 5.75 Å². The van der Waals surface area contributed by atoms with E-state index in [-0.39, 0.29) is 25.0 Å². The van der Waals surface area contributed by atoms with Crippen molar-refractivity contribution in [2.45, 2.75) is 115 Å². The summed E-state index contributed by atoms with van der Waals surface area (Å²) in [4.78, 5) is 67.2. The Kier molecular flexibility index (Phi) is 18.5. The van der Waals surface area contributed by atoms with Gasteiger partial charge in [-0.2, -0.15) is 0 Å². The predicted octanol–water partition coefficient (Wildman–Crippen LogP) is 8.76. The molecule has 0 saturated carbocycles. The molecule has 1 atom stereocenters. The van der Waals surface area contributed by atoms with E-state index in [4.69, 9.17) is 9.57 Å². The van der Waals surface area contributed by atoms with Crippen LogP contribution < -0.4 is 4.74 Å². The van der Waals surface area contributed by atoms with Crippen molar-refractivity contribution in [3.05, 3.63) is 65.7 Å². The van der Waals surface area contributed by atoms with Crippen LogP contribution >= 0.6 is 0 Å². The van der Waals surface area contributed by atoms with E-state index in [9.17, 15) is 24.0 Å². The SMILES string of the molecule is CC.CC.CCC.CCC(C(=O)ON1C(=O)CCC1=O)C(C)(C)C(C)(C)CCC(=O)Oc1ccc(C(=O)c2ccccc2)cc1. The molecule has 2 amide bonds. The number of hydrogen-bond donors (Lipinski definition) is 0. The van der Waals surface area contributed by atoms with Gasteiger partial charge < -0.3 is 9.57 Å². The third-order valence-corrected chi connectivity index (χ3v) is 7.83. The minimum absolute atomic E-state index is 0.0337. The lowest BCUT2D eigenvalue weighted by atomic mass is 9.59. The molecular weight excluding hydrogens is 570 g/mol. The zero-order chi connectivity index (χ0) is 34.8. The molecule has 8 nitrogen and oxygen atoms in total. The van der Waals surface area contributed by atoms with Gasteiger partial charge >= 0.3 is 11.9 Å². The normalized spacial score (nSPS) is 13.2. The summed E-state index contributed by atoms with van der Waals surface area (Å²) in [5, 5.41) is 0.574. The van der Waals surface area contributed by atoms with Gasteiger partial charge in [-0.25, -0.2) is 4.79 Å². The number of ether oxygens (including phenoxy) is 1. The highest BCUT2D eigenvalue weighted by atomic mass is 16.7. The number of esters is 1. The molecule has 2 aromatic carbocycles. The lowest BCUT2D eigenvalue weighted by Crippen LogP contribution is -2.45. The maximum absolute atomic E-state index is 13.0. The summed E-state index contributed by atoms with van der Waals surface area (Å²) in [5.41, 5.74) is -0.0650. The molecule has 1 aliphatic rings. The number of imide groups is 1. The molecule has 2 aromatic rings. The van der Waals surface area contributed by atoms with Gasteiger partial charge in [0.15, 0.2) is 5.78 Å². The molecule has 1 unspecified atom stereocenters. The van der Waals surface area contributed by atoms with Gasteiger partial charge in [0.25, 0.3) is 11.8 Å². The van der Waals surface area contributed by atoms with Crippen molar-refractivity contribution in [1.29, 1.82) is 0 Å². The van der Waals surface area contributed by atoms with E-state index in [1.54, 1.807) is 48.5 Å². The topological polar surface area (TPSA) is 107 Å². The van der Waals surface area contributed by atoms with Gasteiger partial charge in [0, 0.05) is 30.4 Å². The number of nitrogens with zero attached hydrogens (tertiary/aromatic N) is 1. The summed E-state index contributed by atoms with van der Waals surface area (Å²) in [7, 11) is 0. The lowest BCUT2D eigenvalue weighted by Gasteiger charge is -2.46. The smallest absolute Gasteiger partial charge is 0.336 e. The third-order valence-electron chi connectivity index (χ3n) is 7.83. The van der Waals surface area contributed by atoms with E-state index in [0.717, 1.165) is 0 Å². The Balaban J connectivity index is 0.00000256. The molecule has 1 saturated heterocycles. The second-order valence-corrected chi connectivity index (χ2v) is 11.5. The number of hydroxylamine groups is 2.